The molecular weight excluding hydrogens is 282 g/mol. The van der Waals surface area contributed by atoms with Crippen LogP contribution in [0.4, 0.5) is 0 Å². The summed E-state index contributed by atoms with van der Waals surface area (Å²) in [6.45, 7) is 4.19. The molecule has 1 fully saturated rings. The molecule has 1 amide bonds. The minimum atomic E-state index is -0.141. The average Bonchev–Trinajstić information content (AvgIpc) is 2.88. The molecule has 0 aromatic carbocycles. The van der Waals surface area contributed by atoms with Gasteiger partial charge >= 0.3 is 0 Å². The van der Waals surface area contributed by atoms with Gasteiger partial charge in [0.1, 0.15) is 5.39 Å². The van der Waals surface area contributed by atoms with Gasteiger partial charge < -0.3 is 4.90 Å². The predicted molar refractivity (Wildman–Crippen MR) is 82.4 cm³/mol. The molecule has 3 rings (SSSR count). The lowest BCUT2D eigenvalue weighted by molar-refractivity contribution is -0.133. The molecule has 3 heterocycles. The monoisotopic (exact) mass is 303 g/mol. The standard InChI is InChI=1S/C15H21N5O2/c1-11-4-3-6-19(9-11)13(21)5-7-20-10-16-14-12(15(20)22)8-17-18(14)2/h8,10-11H,3-7,9H2,1-2H3. The molecule has 0 N–H and O–H groups in total. The molecule has 0 radical (unpaired) electrons. The van der Waals surface area contributed by atoms with E-state index in [1.54, 1.807) is 11.7 Å². The number of fused-ring (bicyclic) bond motifs is 1. The van der Waals surface area contributed by atoms with Crippen molar-refractivity contribution in [2.24, 2.45) is 13.0 Å². The van der Waals surface area contributed by atoms with Gasteiger partial charge in [-0.1, -0.05) is 6.92 Å². The second kappa shape index (κ2) is 5.90. The number of piperidine rings is 1. The van der Waals surface area contributed by atoms with Gasteiger partial charge in [-0.05, 0) is 18.8 Å². The van der Waals surface area contributed by atoms with Gasteiger partial charge in [0.15, 0.2) is 5.65 Å². The Morgan fingerprint density at radius 3 is 3.05 bits per heavy atom. The van der Waals surface area contributed by atoms with Crippen LogP contribution in [0, 0.1) is 5.92 Å². The van der Waals surface area contributed by atoms with Crippen molar-refractivity contribution in [2.45, 2.75) is 32.7 Å². The Morgan fingerprint density at radius 2 is 2.27 bits per heavy atom. The van der Waals surface area contributed by atoms with Crippen LogP contribution in [-0.2, 0) is 18.4 Å². The Labute approximate surface area is 128 Å². The molecule has 1 aliphatic rings. The van der Waals surface area contributed by atoms with Crippen molar-refractivity contribution in [3.63, 3.8) is 0 Å². The largest absolute Gasteiger partial charge is 0.342 e. The SMILES string of the molecule is CC1CCCN(C(=O)CCn2cnc3c(cnn3C)c2=O)C1. The van der Waals surface area contributed by atoms with E-state index in [1.807, 2.05) is 4.90 Å². The van der Waals surface area contributed by atoms with E-state index in [0.717, 1.165) is 19.5 Å². The van der Waals surface area contributed by atoms with E-state index in [1.165, 1.54) is 23.5 Å². The number of hydrogen-bond donors (Lipinski definition) is 0. The Kier molecular flexibility index (Phi) is 3.96. The molecule has 0 saturated carbocycles. The van der Waals surface area contributed by atoms with E-state index in [2.05, 4.69) is 17.0 Å². The fraction of sp³-hybridized carbons (Fsp3) is 0.600. The number of likely N-dealkylation sites (tertiary alicyclic amines) is 1. The smallest absolute Gasteiger partial charge is 0.264 e. The lowest BCUT2D eigenvalue weighted by Crippen LogP contribution is -2.39. The van der Waals surface area contributed by atoms with Crippen LogP contribution >= 0.6 is 0 Å². The first kappa shape index (κ1) is 14.7. The van der Waals surface area contributed by atoms with Gasteiger partial charge in [-0.25, -0.2) is 4.98 Å². The number of amides is 1. The van der Waals surface area contributed by atoms with Crippen LogP contribution in [0.25, 0.3) is 11.0 Å². The van der Waals surface area contributed by atoms with Crippen LogP contribution in [0.2, 0.25) is 0 Å². The third-order valence-corrected chi connectivity index (χ3v) is 4.29. The molecule has 1 atom stereocenters. The minimum Gasteiger partial charge on any atom is -0.342 e. The number of aromatic nitrogens is 4. The van der Waals surface area contributed by atoms with Crippen LogP contribution in [0.1, 0.15) is 26.2 Å². The van der Waals surface area contributed by atoms with Crippen molar-refractivity contribution in [1.82, 2.24) is 24.2 Å². The van der Waals surface area contributed by atoms with E-state index < -0.39 is 0 Å². The summed E-state index contributed by atoms with van der Waals surface area (Å²) < 4.78 is 3.07. The first-order valence-corrected chi connectivity index (χ1v) is 7.71. The molecule has 2 aromatic heterocycles. The molecule has 2 aromatic rings. The zero-order chi connectivity index (χ0) is 15.7. The molecule has 0 aliphatic carbocycles. The number of carbonyl (C=O) groups is 1. The van der Waals surface area contributed by atoms with Crippen molar-refractivity contribution < 1.29 is 4.79 Å². The van der Waals surface area contributed by atoms with Crippen molar-refractivity contribution in [3.05, 3.63) is 22.9 Å². The predicted octanol–water partition coefficient (Wildman–Crippen LogP) is 0.779. The summed E-state index contributed by atoms with van der Waals surface area (Å²) in [4.78, 5) is 30.8. The first-order chi connectivity index (χ1) is 10.6. The van der Waals surface area contributed by atoms with Crippen molar-refractivity contribution >= 4 is 16.9 Å². The lowest BCUT2D eigenvalue weighted by Gasteiger charge is -2.31. The summed E-state index contributed by atoms with van der Waals surface area (Å²) in [5, 5.41) is 4.53. The Balaban J connectivity index is 1.70. The third-order valence-electron chi connectivity index (χ3n) is 4.29. The number of nitrogens with zero attached hydrogens (tertiary/aromatic N) is 5. The average molecular weight is 303 g/mol. The number of carbonyl (C=O) groups excluding carboxylic acids is 1. The summed E-state index contributed by atoms with van der Waals surface area (Å²) in [5.74, 6) is 0.679. The maximum absolute atomic E-state index is 12.3. The summed E-state index contributed by atoms with van der Waals surface area (Å²) in [6, 6.07) is 0. The molecule has 1 unspecified atom stereocenters. The Hall–Kier alpha value is -2.18. The Bertz CT molecular complexity index is 748. The van der Waals surface area contributed by atoms with Gasteiger partial charge in [-0.2, -0.15) is 5.10 Å². The molecule has 1 saturated heterocycles. The molecule has 118 valence electrons. The topological polar surface area (TPSA) is 73.0 Å². The summed E-state index contributed by atoms with van der Waals surface area (Å²) in [6.07, 6.45) is 5.61. The second-order valence-electron chi connectivity index (χ2n) is 6.09. The van der Waals surface area contributed by atoms with Gasteiger partial charge in [-0.15, -0.1) is 0 Å². The van der Waals surface area contributed by atoms with E-state index >= 15 is 0 Å². The third kappa shape index (κ3) is 2.75. The molecule has 7 nitrogen and oxygen atoms in total. The highest BCUT2D eigenvalue weighted by Crippen LogP contribution is 2.16. The molecule has 0 spiro atoms. The molecular formula is C15H21N5O2. The van der Waals surface area contributed by atoms with Gasteiger partial charge in [0.05, 0.1) is 12.5 Å². The zero-order valence-corrected chi connectivity index (χ0v) is 13.0. The lowest BCUT2D eigenvalue weighted by atomic mass is 10.00. The maximum atomic E-state index is 12.3. The van der Waals surface area contributed by atoms with Crippen LogP contribution in [0.15, 0.2) is 17.3 Å². The minimum absolute atomic E-state index is 0.115. The Morgan fingerprint density at radius 1 is 1.45 bits per heavy atom. The molecule has 1 aliphatic heterocycles. The highest BCUT2D eigenvalue weighted by atomic mass is 16.2. The van der Waals surface area contributed by atoms with Gasteiger partial charge in [0.2, 0.25) is 5.91 Å². The second-order valence-corrected chi connectivity index (χ2v) is 6.09. The fourth-order valence-corrected chi connectivity index (χ4v) is 3.02. The molecule has 0 bridgehead atoms. The van der Waals surface area contributed by atoms with Gasteiger partial charge in [0, 0.05) is 33.1 Å². The number of hydrogen-bond acceptors (Lipinski definition) is 4. The summed E-state index contributed by atoms with van der Waals surface area (Å²) >= 11 is 0. The molecule has 7 heteroatoms. The quantitative estimate of drug-likeness (QED) is 0.840. The van der Waals surface area contributed by atoms with Crippen LogP contribution in [-0.4, -0.2) is 43.2 Å². The van der Waals surface area contributed by atoms with Crippen molar-refractivity contribution in [3.8, 4) is 0 Å². The summed E-state index contributed by atoms with van der Waals surface area (Å²) in [7, 11) is 1.75. The van der Waals surface area contributed by atoms with E-state index in [4.69, 9.17) is 0 Å². The highest BCUT2D eigenvalue weighted by molar-refractivity contribution is 5.76. The van der Waals surface area contributed by atoms with E-state index in [-0.39, 0.29) is 11.5 Å². The molecule has 22 heavy (non-hydrogen) atoms. The maximum Gasteiger partial charge on any atom is 0.264 e. The fourth-order valence-electron chi connectivity index (χ4n) is 3.02. The van der Waals surface area contributed by atoms with Crippen molar-refractivity contribution in [1.29, 1.82) is 0 Å². The zero-order valence-electron chi connectivity index (χ0n) is 13.0. The normalized spacial score (nSPS) is 18.8. The summed E-state index contributed by atoms with van der Waals surface area (Å²) in [5.41, 5.74) is 0.426. The number of aryl methyl sites for hydroxylation is 2. The first-order valence-electron chi connectivity index (χ1n) is 7.71. The highest BCUT2D eigenvalue weighted by Gasteiger charge is 2.20. The van der Waals surface area contributed by atoms with Crippen LogP contribution in [0.5, 0.6) is 0 Å². The number of rotatable bonds is 3. The van der Waals surface area contributed by atoms with Crippen LogP contribution < -0.4 is 5.56 Å². The van der Waals surface area contributed by atoms with E-state index in [0.29, 0.717) is 29.9 Å². The van der Waals surface area contributed by atoms with Crippen LogP contribution in [0.3, 0.4) is 0 Å². The van der Waals surface area contributed by atoms with Gasteiger partial charge in [-0.3, -0.25) is 18.8 Å². The van der Waals surface area contributed by atoms with E-state index in [9.17, 15) is 9.59 Å². The van der Waals surface area contributed by atoms with Crippen molar-refractivity contribution in [2.75, 3.05) is 13.1 Å². The van der Waals surface area contributed by atoms with Gasteiger partial charge in [0.25, 0.3) is 5.56 Å².